The largest absolute Gasteiger partial charge is 0.376 e. The number of hydrogen-bond acceptors (Lipinski definition) is 3. The van der Waals surface area contributed by atoms with E-state index in [2.05, 4.69) is 11.8 Å². The smallest absolute Gasteiger partial charge is 0.248 e. The van der Waals surface area contributed by atoms with Gasteiger partial charge in [0, 0.05) is 19.2 Å². The van der Waals surface area contributed by atoms with Crippen molar-refractivity contribution in [2.24, 2.45) is 11.8 Å². The molecule has 1 amide bonds. The number of likely N-dealkylation sites (tertiary alicyclic amines) is 1. The number of carbonyl (C=O) groups is 1. The molecule has 2 heterocycles. The van der Waals surface area contributed by atoms with Gasteiger partial charge in [-0.15, -0.1) is 0 Å². The van der Waals surface area contributed by atoms with E-state index in [-0.39, 0.29) is 18.6 Å². The Morgan fingerprint density at radius 1 is 1.24 bits per heavy atom. The van der Waals surface area contributed by atoms with Crippen LogP contribution in [-0.2, 0) is 14.3 Å². The molecule has 2 saturated heterocycles. The van der Waals surface area contributed by atoms with Crippen molar-refractivity contribution in [2.45, 2.75) is 64.0 Å². The van der Waals surface area contributed by atoms with Crippen LogP contribution in [-0.4, -0.2) is 49.3 Å². The van der Waals surface area contributed by atoms with Crippen molar-refractivity contribution < 1.29 is 14.3 Å². The van der Waals surface area contributed by atoms with Gasteiger partial charge in [0.1, 0.15) is 6.61 Å². The van der Waals surface area contributed by atoms with Crippen molar-refractivity contribution >= 4 is 5.91 Å². The van der Waals surface area contributed by atoms with Crippen molar-refractivity contribution in [3.63, 3.8) is 0 Å². The standard InChI is InChI=1S/C17H29NO3/c1-13-6-7-16-14(10-13)4-2-8-18(16)17(19)12-20-11-15-5-3-9-21-15/h13-16H,2-12H2,1H3/t13-,14-,15+,16-/m1/s1. The molecule has 0 spiro atoms. The first-order chi connectivity index (χ1) is 10.2. The number of carbonyl (C=O) groups excluding carboxylic acids is 1. The molecule has 0 unspecified atom stereocenters. The van der Waals surface area contributed by atoms with Gasteiger partial charge in [0.25, 0.3) is 0 Å². The highest BCUT2D eigenvalue weighted by Gasteiger charge is 2.37. The zero-order chi connectivity index (χ0) is 14.7. The van der Waals surface area contributed by atoms with Crippen LogP contribution in [0, 0.1) is 11.8 Å². The van der Waals surface area contributed by atoms with Crippen LogP contribution in [0.25, 0.3) is 0 Å². The van der Waals surface area contributed by atoms with Gasteiger partial charge in [0.2, 0.25) is 5.91 Å². The molecule has 21 heavy (non-hydrogen) atoms. The topological polar surface area (TPSA) is 38.8 Å². The van der Waals surface area contributed by atoms with Crippen molar-refractivity contribution in [1.29, 1.82) is 0 Å². The Morgan fingerprint density at radius 2 is 2.14 bits per heavy atom. The first-order valence-corrected chi connectivity index (χ1v) is 8.73. The fourth-order valence-electron chi connectivity index (χ4n) is 4.34. The minimum Gasteiger partial charge on any atom is -0.376 e. The Bertz CT molecular complexity index is 354. The summed E-state index contributed by atoms with van der Waals surface area (Å²) in [5, 5.41) is 0. The third kappa shape index (κ3) is 3.78. The van der Waals surface area contributed by atoms with E-state index < -0.39 is 0 Å². The molecule has 2 aliphatic heterocycles. The minimum absolute atomic E-state index is 0.192. The number of nitrogens with zero attached hydrogens (tertiary/aromatic N) is 1. The maximum absolute atomic E-state index is 12.5. The molecule has 4 atom stereocenters. The summed E-state index contributed by atoms with van der Waals surface area (Å²) in [4.78, 5) is 14.6. The fraction of sp³-hybridized carbons (Fsp3) is 0.941. The van der Waals surface area contributed by atoms with Gasteiger partial charge in [0.15, 0.2) is 0 Å². The molecule has 0 aromatic rings. The van der Waals surface area contributed by atoms with Crippen LogP contribution in [0.15, 0.2) is 0 Å². The lowest BCUT2D eigenvalue weighted by Gasteiger charge is -2.45. The number of amides is 1. The second kappa shape index (κ2) is 7.10. The summed E-state index contributed by atoms with van der Waals surface area (Å²) in [6, 6.07) is 0.480. The molecule has 0 N–H and O–H groups in total. The Kier molecular flexibility index (Phi) is 5.17. The lowest BCUT2D eigenvalue weighted by atomic mass is 9.74. The molecule has 120 valence electrons. The molecule has 3 rings (SSSR count). The quantitative estimate of drug-likeness (QED) is 0.800. The van der Waals surface area contributed by atoms with Crippen LogP contribution in [0.1, 0.15) is 51.9 Å². The van der Waals surface area contributed by atoms with E-state index in [1.807, 2.05) is 0 Å². The first-order valence-electron chi connectivity index (χ1n) is 8.73. The van der Waals surface area contributed by atoms with E-state index in [1.54, 1.807) is 0 Å². The van der Waals surface area contributed by atoms with Crippen LogP contribution >= 0.6 is 0 Å². The molecule has 4 heteroatoms. The van der Waals surface area contributed by atoms with Crippen LogP contribution in [0.4, 0.5) is 0 Å². The Labute approximate surface area is 128 Å². The highest BCUT2D eigenvalue weighted by atomic mass is 16.5. The zero-order valence-electron chi connectivity index (χ0n) is 13.3. The lowest BCUT2D eigenvalue weighted by molar-refractivity contribution is -0.144. The molecule has 0 aromatic heterocycles. The number of hydrogen-bond donors (Lipinski definition) is 0. The summed E-state index contributed by atoms with van der Waals surface area (Å²) < 4.78 is 11.1. The van der Waals surface area contributed by atoms with E-state index in [0.717, 1.165) is 44.2 Å². The van der Waals surface area contributed by atoms with Gasteiger partial charge >= 0.3 is 0 Å². The minimum atomic E-state index is 0.192. The second-order valence-electron chi connectivity index (χ2n) is 7.13. The van der Waals surface area contributed by atoms with Crippen LogP contribution < -0.4 is 0 Å². The van der Waals surface area contributed by atoms with E-state index in [1.165, 1.54) is 25.7 Å². The number of ether oxygens (including phenoxy) is 2. The molecule has 4 nitrogen and oxygen atoms in total. The Morgan fingerprint density at radius 3 is 2.95 bits per heavy atom. The van der Waals surface area contributed by atoms with Gasteiger partial charge in [-0.1, -0.05) is 6.92 Å². The van der Waals surface area contributed by atoms with Crippen LogP contribution in [0.2, 0.25) is 0 Å². The molecule has 0 radical (unpaired) electrons. The fourth-order valence-corrected chi connectivity index (χ4v) is 4.34. The van der Waals surface area contributed by atoms with Crippen molar-refractivity contribution in [3.8, 4) is 0 Å². The molecule has 1 saturated carbocycles. The Hall–Kier alpha value is -0.610. The molecule has 3 aliphatic rings. The highest BCUT2D eigenvalue weighted by Crippen LogP contribution is 2.37. The second-order valence-corrected chi connectivity index (χ2v) is 7.13. The van der Waals surface area contributed by atoms with Gasteiger partial charge in [0.05, 0.1) is 12.7 Å². The van der Waals surface area contributed by atoms with Crippen LogP contribution in [0.5, 0.6) is 0 Å². The molecule has 1 aliphatic carbocycles. The van der Waals surface area contributed by atoms with Crippen LogP contribution in [0.3, 0.4) is 0 Å². The lowest BCUT2D eigenvalue weighted by Crippen LogP contribution is -2.51. The van der Waals surface area contributed by atoms with Crippen molar-refractivity contribution in [2.75, 3.05) is 26.4 Å². The van der Waals surface area contributed by atoms with Gasteiger partial charge in [-0.05, 0) is 56.8 Å². The van der Waals surface area contributed by atoms with Gasteiger partial charge in [-0.3, -0.25) is 4.79 Å². The average Bonchev–Trinajstić information content (AvgIpc) is 2.99. The molecular formula is C17H29NO3. The molecule has 0 bridgehead atoms. The number of piperidine rings is 1. The monoisotopic (exact) mass is 295 g/mol. The molecular weight excluding hydrogens is 266 g/mol. The predicted octanol–water partition coefficient (Wildman–Crippen LogP) is 2.61. The summed E-state index contributed by atoms with van der Waals surface area (Å²) in [6.07, 6.45) is 8.61. The summed E-state index contributed by atoms with van der Waals surface area (Å²) >= 11 is 0. The third-order valence-electron chi connectivity index (χ3n) is 5.45. The van der Waals surface area contributed by atoms with E-state index >= 15 is 0 Å². The third-order valence-corrected chi connectivity index (χ3v) is 5.45. The SMILES string of the molecule is C[C@@H]1CC[C@@H]2[C@H](CCCN2C(=O)COC[C@@H]2CCCO2)C1. The maximum Gasteiger partial charge on any atom is 0.248 e. The predicted molar refractivity (Wildman–Crippen MR) is 81.0 cm³/mol. The summed E-state index contributed by atoms with van der Waals surface area (Å²) in [5.74, 6) is 1.75. The van der Waals surface area contributed by atoms with Gasteiger partial charge in [-0.25, -0.2) is 0 Å². The summed E-state index contributed by atoms with van der Waals surface area (Å²) in [7, 11) is 0. The summed E-state index contributed by atoms with van der Waals surface area (Å²) in [6.45, 7) is 4.93. The number of rotatable bonds is 4. The van der Waals surface area contributed by atoms with Gasteiger partial charge < -0.3 is 14.4 Å². The Balaban J connectivity index is 1.46. The van der Waals surface area contributed by atoms with E-state index in [0.29, 0.717) is 12.6 Å². The number of fused-ring (bicyclic) bond motifs is 1. The first kappa shape index (κ1) is 15.3. The van der Waals surface area contributed by atoms with Crippen molar-refractivity contribution in [3.05, 3.63) is 0 Å². The molecule has 0 aromatic carbocycles. The van der Waals surface area contributed by atoms with E-state index in [9.17, 15) is 4.79 Å². The van der Waals surface area contributed by atoms with Crippen molar-refractivity contribution in [1.82, 2.24) is 4.90 Å². The highest BCUT2D eigenvalue weighted by molar-refractivity contribution is 5.78. The normalized spacial score (nSPS) is 36.5. The van der Waals surface area contributed by atoms with Gasteiger partial charge in [-0.2, -0.15) is 0 Å². The zero-order valence-corrected chi connectivity index (χ0v) is 13.3. The average molecular weight is 295 g/mol. The summed E-state index contributed by atoms with van der Waals surface area (Å²) in [5.41, 5.74) is 0. The maximum atomic E-state index is 12.5. The van der Waals surface area contributed by atoms with E-state index in [4.69, 9.17) is 9.47 Å². The molecule has 3 fully saturated rings.